The van der Waals surface area contributed by atoms with Gasteiger partial charge in [-0.15, -0.1) is 10.2 Å². The van der Waals surface area contributed by atoms with Crippen LogP contribution in [0.3, 0.4) is 0 Å². The molecule has 1 aliphatic heterocycles. The number of carbonyl (C=O) groups excluding carboxylic acids is 1. The Morgan fingerprint density at radius 2 is 2.17 bits per heavy atom. The van der Waals surface area contributed by atoms with Crippen LogP contribution in [-0.2, 0) is 0 Å². The van der Waals surface area contributed by atoms with E-state index >= 15 is 0 Å². The van der Waals surface area contributed by atoms with Gasteiger partial charge < -0.3 is 19.4 Å². The molecule has 7 heteroatoms. The number of nitrogens with zero attached hydrogens (tertiary/aromatic N) is 3. The first kappa shape index (κ1) is 15.3. The van der Waals surface area contributed by atoms with Crippen LogP contribution in [0.2, 0.25) is 0 Å². The summed E-state index contributed by atoms with van der Waals surface area (Å²) in [6.45, 7) is 3.85. The minimum Gasteiger partial charge on any atom is -0.497 e. The molecule has 2 amide bonds. The second-order valence-electron chi connectivity index (χ2n) is 5.44. The van der Waals surface area contributed by atoms with Gasteiger partial charge >= 0.3 is 6.03 Å². The number of carbonyl (C=O) groups is 1. The number of likely N-dealkylation sites (tertiary alicyclic amines) is 1. The highest BCUT2D eigenvalue weighted by atomic mass is 16.5. The standard InChI is InChI=1S/C16H20N4O3/c1-3-17-16(21)20-9-8-12(10-20)15-19-18-14(23-15)11-4-6-13(22-2)7-5-11/h4-7,12H,3,8-10H2,1-2H3,(H,17,21)/t12-/m0/s1. The van der Waals surface area contributed by atoms with Crippen molar-refractivity contribution >= 4 is 6.03 Å². The maximum atomic E-state index is 11.8. The highest BCUT2D eigenvalue weighted by molar-refractivity contribution is 5.74. The van der Waals surface area contributed by atoms with Gasteiger partial charge in [-0.05, 0) is 37.6 Å². The van der Waals surface area contributed by atoms with Crippen LogP contribution < -0.4 is 10.1 Å². The molecule has 1 fully saturated rings. The molecule has 3 rings (SSSR count). The fraction of sp³-hybridized carbons (Fsp3) is 0.438. The van der Waals surface area contributed by atoms with Gasteiger partial charge in [-0.2, -0.15) is 0 Å². The summed E-state index contributed by atoms with van der Waals surface area (Å²) in [6, 6.07) is 7.43. The van der Waals surface area contributed by atoms with E-state index in [1.54, 1.807) is 12.0 Å². The van der Waals surface area contributed by atoms with E-state index in [1.165, 1.54) is 0 Å². The zero-order valence-corrected chi connectivity index (χ0v) is 13.3. The van der Waals surface area contributed by atoms with Crippen molar-refractivity contribution in [2.45, 2.75) is 19.3 Å². The van der Waals surface area contributed by atoms with Crippen LogP contribution in [0, 0.1) is 0 Å². The average Bonchev–Trinajstić information content (AvgIpc) is 3.24. The number of aromatic nitrogens is 2. The van der Waals surface area contributed by atoms with Crippen molar-refractivity contribution < 1.29 is 13.9 Å². The molecule has 0 spiro atoms. The minimum atomic E-state index is -0.0371. The van der Waals surface area contributed by atoms with Gasteiger partial charge in [0.15, 0.2) is 0 Å². The molecule has 0 unspecified atom stereocenters. The monoisotopic (exact) mass is 316 g/mol. The minimum absolute atomic E-state index is 0.0371. The van der Waals surface area contributed by atoms with Crippen molar-refractivity contribution in [1.82, 2.24) is 20.4 Å². The third-order valence-electron chi connectivity index (χ3n) is 3.93. The normalized spacial score (nSPS) is 17.3. The van der Waals surface area contributed by atoms with E-state index in [9.17, 15) is 4.79 Å². The molecule has 1 N–H and O–H groups in total. The first-order valence-electron chi connectivity index (χ1n) is 7.72. The van der Waals surface area contributed by atoms with Crippen molar-refractivity contribution in [2.75, 3.05) is 26.7 Å². The number of hydrogen-bond donors (Lipinski definition) is 1. The second-order valence-corrected chi connectivity index (χ2v) is 5.44. The van der Waals surface area contributed by atoms with Crippen LogP contribution >= 0.6 is 0 Å². The lowest BCUT2D eigenvalue weighted by atomic mass is 10.1. The van der Waals surface area contributed by atoms with Crippen molar-refractivity contribution in [3.05, 3.63) is 30.2 Å². The van der Waals surface area contributed by atoms with E-state index in [0.717, 1.165) is 17.7 Å². The summed E-state index contributed by atoms with van der Waals surface area (Å²) in [5.74, 6) is 1.95. The molecule has 0 aliphatic carbocycles. The van der Waals surface area contributed by atoms with Crippen molar-refractivity contribution in [1.29, 1.82) is 0 Å². The molecule has 122 valence electrons. The van der Waals surface area contributed by atoms with Gasteiger partial charge in [-0.1, -0.05) is 0 Å². The number of urea groups is 1. The number of rotatable bonds is 4. The fourth-order valence-electron chi connectivity index (χ4n) is 2.66. The molecular formula is C16H20N4O3. The third kappa shape index (κ3) is 3.28. The summed E-state index contributed by atoms with van der Waals surface area (Å²) in [5.41, 5.74) is 0.850. The van der Waals surface area contributed by atoms with Crippen LogP contribution in [0.25, 0.3) is 11.5 Å². The van der Waals surface area contributed by atoms with Crippen LogP contribution in [0.15, 0.2) is 28.7 Å². The lowest BCUT2D eigenvalue weighted by molar-refractivity contribution is 0.208. The van der Waals surface area contributed by atoms with Crippen molar-refractivity contribution in [3.8, 4) is 17.2 Å². The van der Waals surface area contributed by atoms with Gasteiger partial charge in [-0.3, -0.25) is 0 Å². The quantitative estimate of drug-likeness (QED) is 0.936. The molecule has 23 heavy (non-hydrogen) atoms. The van der Waals surface area contributed by atoms with E-state index in [1.807, 2.05) is 31.2 Å². The summed E-state index contributed by atoms with van der Waals surface area (Å²) in [4.78, 5) is 13.6. The first-order chi connectivity index (χ1) is 11.2. The largest absolute Gasteiger partial charge is 0.497 e. The van der Waals surface area contributed by atoms with Gasteiger partial charge in [0.1, 0.15) is 5.75 Å². The second kappa shape index (κ2) is 6.68. The summed E-state index contributed by atoms with van der Waals surface area (Å²) >= 11 is 0. The smallest absolute Gasteiger partial charge is 0.317 e. The Labute approximate surface area is 134 Å². The van der Waals surface area contributed by atoms with Crippen LogP contribution in [0.1, 0.15) is 25.2 Å². The Bertz CT molecular complexity index is 668. The molecule has 1 atom stereocenters. The summed E-state index contributed by atoms with van der Waals surface area (Å²) in [6.07, 6.45) is 0.835. The number of amides is 2. The maximum Gasteiger partial charge on any atom is 0.317 e. The van der Waals surface area contributed by atoms with Crippen molar-refractivity contribution in [2.24, 2.45) is 0 Å². The van der Waals surface area contributed by atoms with Gasteiger partial charge in [0, 0.05) is 25.2 Å². The number of hydrogen-bond acceptors (Lipinski definition) is 5. The van der Waals surface area contributed by atoms with Crippen LogP contribution in [-0.4, -0.2) is 47.9 Å². The molecule has 0 bridgehead atoms. The van der Waals surface area contributed by atoms with Gasteiger partial charge in [0.05, 0.1) is 13.0 Å². The van der Waals surface area contributed by atoms with Crippen molar-refractivity contribution in [3.63, 3.8) is 0 Å². The summed E-state index contributed by atoms with van der Waals surface area (Å²) < 4.78 is 10.9. The highest BCUT2D eigenvalue weighted by Gasteiger charge is 2.30. The SMILES string of the molecule is CCNC(=O)N1CC[C@H](c2nnc(-c3ccc(OC)cc3)o2)C1. The molecule has 0 saturated carbocycles. The van der Waals surface area contributed by atoms with Gasteiger partial charge in [0.2, 0.25) is 11.8 Å². The number of benzene rings is 1. The van der Waals surface area contributed by atoms with E-state index in [0.29, 0.717) is 31.4 Å². The van der Waals surface area contributed by atoms with E-state index in [-0.39, 0.29) is 11.9 Å². The predicted molar refractivity (Wildman–Crippen MR) is 84.3 cm³/mol. The zero-order chi connectivity index (χ0) is 16.2. The first-order valence-corrected chi connectivity index (χ1v) is 7.72. The summed E-state index contributed by atoms with van der Waals surface area (Å²) in [7, 11) is 1.63. The molecular weight excluding hydrogens is 296 g/mol. The lowest BCUT2D eigenvalue weighted by Crippen LogP contribution is -2.38. The third-order valence-corrected chi connectivity index (χ3v) is 3.93. The Morgan fingerprint density at radius 1 is 1.39 bits per heavy atom. The number of nitrogens with one attached hydrogen (secondary N) is 1. The Kier molecular flexibility index (Phi) is 4.45. The molecule has 7 nitrogen and oxygen atoms in total. The predicted octanol–water partition coefficient (Wildman–Crippen LogP) is 2.26. The lowest BCUT2D eigenvalue weighted by Gasteiger charge is -2.15. The van der Waals surface area contributed by atoms with Gasteiger partial charge in [0.25, 0.3) is 0 Å². The fourth-order valence-corrected chi connectivity index (χ4v) is 2.66. The summed E-state index contributed by atoms with van der Waals surface area (Å²) in [5, 5.41) is 11.1. The van der Waals surface area contributed by atoms with Crippen LogP contribution in [0.5, 0.6) is 5.75 Å². The molecule has 1 aromatic carbocycles. The topological polar surface area (TPSA) is 80.5 Å². The van der Waals surface area contributed by atoms with Crippen LogP contribution in [0.4, 0.5) is 4.79 Å². The van der Waals surface area contributed by atoms with E-state index in [2.05, 4.69) is 15.5 Å². The molecule has 1 aliphatic rings. The number of methoxy groups -OCH3 is 1. The van der Waals surface area contributed by atoms with Gasteiger partial charge in [-0.25, -0.2) is 4.79 Å². The molecule has 2 aromatic rings. The Morgan fingerprint density at radius 3 is 2.87 bits per heavy atom. The Hall–Kier alpha value is -2.57. The Balaban J connectivity index is 1.68. The molecule has 1 aromatic heterocycles. The number of ether oxygens (including phenoxy) is 1. The van der Waals surface area contributed by atoms with E-state index in [4.69, 9.17) is 9.15 Å². The zero-order valence-electron chi connectivity index (χ0n) is 13.3. The maximum absolute atomic E-state index is 11.8. The average molecular weight is 316 g/mol. The molecule has 2 heterocycles. The molecule has 0 radical (unpaired) electrons. The highest BCUT2D eigenvalue weighted by Crippen LogP contribution is 2.29. The molecule has 1 saturated heterocycles. The van der Waals surface area contributed by atoms with E-state index < -0.39 is 0 Å².